The van der Waals surface area contributed by atoms with E-state index in [1.165, 1.54) is 23.2 Å². The summed E-state index contributed by atoms with van der Waals surface area (Å²) in [6.07, 6.45) is -1.86. The number of thiophene rings is 1. The number of nitrogens with one attached hydrogen (secondary N) is 2. The van der Waals surface area contributed by atoms with Crippen molar-refractivity contribution >= 4 is 41.3 Å². The van der Waals surface area contributed by atoms with E-state index in [4.69, 9.17) is 0 Å². The highest BCUT2D eigenvalue weighted by Crippen LogP contribution is 2.36. The van der Waals surface area contributed by atoms with E-state index in [9.17, 15) is 13.2 Å². The van der Waals surface area contributed by atoms with Crippen LogP contribution in [0.25, 0.3) is 0 Å². The molecule has 0 aromatic carbocycles. The standard InChI is InChI=1S/C18H30F3N5S.HI/c1-22-17(23-8-10-25(2)13-18(19,20)21)24-12-14-6-4-9-26(3)16(14)15-7-5-11-27-15;/h5,7,11,14,16H,4,6,8-10,12-13H2,1-3H3,(H2,22,23,24);1H. The van der Waals surface area contributed by atoms with E-state index in [1.54, 1.807) is 18.4 Å². The lowest BCUT2D eigenvalue weighted by molar-refractivity contribution is -0.142. The number of guanidine groups is 1. The minimum atomic E-state index is -4.17. The van der Waals surface area contributed by atoms with Crippen LogP contribution >= 0.6 is 35.3 Å². The Kier molecular flexibility index (Phi) is 11.1. The maximum Gasteiger partial charge on any atom is 0.401 e. The molecule has 0 radical (unpaired) electrons. The summed E-state index contributed by atoms with van der Waals surface area (Å²) >= 11 is 1.79. The van der Waals surface area contributed by atoms with E-state index < -0.39 is 12.7 Å². The number of piperidine rings is 1. The van der Waals surface area contributed by atoms with Gasteiger partial charge in [0.15, 0.2) is 5.96 Å². The van der Waals surface area contributed by atoms with Crippen molar-refractivity contribution in [3.05, 3.63) is 22.4 Å². The minimum Gasteiger partial charge on any atom is -0.356 e. The second-order valence-corrected chi connectivity index (χ2v) is 8.06. The molecule has 2 N–H and O–H groups in total. The lowest BCUT2D eigenvalue weighted by Crippen LogP contribution is -2.46. The van der Waals surface area contributed by atoms with Crippen LogP contribution in [0.3, 0.4) is 0 Å². The van der Waals surface area contributed by atoms with Gasteiger partial charge in [-0.15, -0.1) is 35.3 Å². The first-order valence-electron chi connectivity index (χ1n) is 9.23. The molecule has 2 atom stereocenters. The van der Waals surface area contributed by atoms with Crippen molar-refractivity contribution in [3.63, 3.8) is 0 Å². The monoisotopic (exact) mass is 533 g/mol. The molecule has 2 unspecified atom stereocenters. The van der Waals surface area contributed by atoms with Crippen LogP contribution < -0.4 is 10.6 Å². The summed E-state index contributed by atoms with van der Waals surface area (Å²) in [6.45, 7) is 1.68. The third-order valence-corrected chi connectivity index (χ3v) is 5.78. The Morgan fingerprint density at radius 1 is 1.39 bits per heavy atom. The molecule has 0 spiro atoms. The van der Waals surface area contributed by atoms with Crippen molar-refractivity contribution in [1.82, 2.24) is 20.4 Å². The van der Waals surface area contributed by atoms with Crippen molar-refractivity contribution in [3.8, 4) is 0 Å². The zero-order chi connectivity index (χ0) is 19.9. The summed E-state index contributed by atoms with van der Waals surface area (Å²) in [5, 5.41) is 8.57. The van der Waals surface area contributed by atoms with Gasteiger partial charge in [0.25, 0.3) is 0 Å². The van der Waals surface area contributed by atoms with E-state index in [0.717, 1.165) is 19.5 Å². The molecule has 1 aromatic rings. The molecule has 2 heterocycles. The van der Waals surface area contributed by atoms with Crippen LogP contribution in [-0.2, 0) is 0 Å². The summed E-state index contributed by atoms with van der Waals surface area (Å²) in [5.41, 5.74) is 0. The Balaban J connectivity index is 0.00000392. The molecule has 0 saturated carbocycles. The lowest BCUT2D eigenvalue weighted by Gasteiger charge is -2.39. The summed E-state index contributed by atoms with van der Waals surface area (Å²) in [4.78, 5) is 9.23. The zero-order valence-corrected chi connectivity index (χ0v) is 19.8. The van der Waals surface area contributed by atoms with Crippen LogP contribution in [0.5, 0.6) is 0 Å². The average molecular weight is 533 g/mol. The molecule has 1 aliphatic heterocycles. The summed E-state index contributed by atoms with van der Waals surface area (Å²) in [7, 11) is 5.31. The fourth-order valence-electron chi connectivity index (χ4n) is 3.58. The number of hydrogen-bond acceptors (Lipinski definition) is 4. The van der Waals surface area contributed by atoms with Crippen LogP contribution in [0.1, 0.15) is 23.8 Å². The highest BCUT2D eigenvalue weighted by atomic mass is 127. The third-order valence-electron chi connectivity index (χ3n) is 4.83. The van der Waals surface area contributed by atoms with Gasteiger partial charge >= 0.3 is 6.18 Å². The number of nitrogens with zero attached hydrogens (tertiary/aromatic N) is 3. The molecule has 0 aliphatic carbocycles. The van der Waals surface area contributed by atoms with Crippen molar-refractivity contribution in [2.75, 3.05) is 53.9 Å². The van der Waals surface area contributed by atoms with Gasteiger partial charge in [0, 0.05) is 37.6 Å². The topological polar surface area (TPSA) is 42.9 Å². The second-order valence-electron chi connectivity index (χ2n) is 7.08. The van der Waals surface area contributed by atoms with Gasteiger partial charge in [0.2, 0.25) is 0 Å². The number of likely N-dealkylation sites (N-methyl/N-ethyl adjacent to an activating group) is 1. The Labute approximate surface area is 186 Å². The van der Waals surface area contributed by atoms with E-state index in [1.807, 2.05) is 0 Å². The van der Waals surface area contributed by atoms with Crippen molar-refractivity contribution < 1.29 is 13.2 Å². The van der Waals surface area contributed by atoms with Gasteiger partial charge < -0.3 is 10.6 Å². The molecule has 5 nitrogen and oxygen atoms in total. The number of likely N-dealkylation sites (tertiary alicyclic amines) is 1. The number of rotatable bonds is 7. The maximum absolute atomic E-state index is 12.4. The first-order chi connectivity index (χ1) is 12.8. The molecular formula is C18H31F3IN5S. The predicted molar refractivity (Wildman–Crippen MR) is 121 cm³/mol. The van der Waals surface area contributed by atoms with Gasteiger partial charge in [-0.1, -0.05) is 6.07 Å². The quantitative estimate of drug-likeness (QED) is 0.321. The molecule has 10 heteroatoms. The van der Waals surface area contributed by atoms with Crippen LogP contribution in [0, 0.1) is 5.92 Å². The van der Waals surface area contributed by atoms with Gasteiger partial charge in [-0.2, -0.15) is 13.2 Å². The molecule has 0 amide bonds. The first-order valence-corrected chi connectivity index (χ1v) is 10.1. The number of alkyl halides is 3. The molecule has 1 aliphatic rings. The Hall–Kier alpha value is -0.590. The fourth-order valence-corrected chi connectivity index (χ4v) is 4.56. The zero-order valence-electron chi connectivity index (χ0n) is 16.6. The molecule has 0 bridgehead atoms. The Bertz CT molecular complexity index is 582. The van der Waals surface area contributed by atoms with Gasteiger partial charge in [-0.3, -0.25) is 14.8 Å². The highest BCUT2D eigenvalue weighted by molar-refractivity contribution is 14.0. The molecule has 1 fully saturated rings. The Morgan fingerprint density at radius 2 is 2.14 bits per heavy atom. The smallest absolute Gasteiger partial charge is 0.356 e. The third kappa shape index (κ3) is 8.42. The summed E-state index contributed by atoms with van der Waals surface area (Å²) < 4.78 is 37.1. The molecule has 2 rings (SSSR count). The van der Waals surface area contributed by atoms with E-state index in [2.05, 4.69) is 45.1 Å². The normalized spacial score (nSPS) is 21.5. The van der Waals surface area contributed by atoms with E-state index in [0.29, 0.717) is 31.0 Å². The molecule has 1 aromatic heterocycles. The Morgan fingerprint density at radius 3 is 2.75 bits per heavy atom. The SMILES string of the molecule is CN=C(NCCN(C)CC(F)(F)F)NCC1CCCN(C)C1c1cccs1.I. The second kappa shape index (κ2) is 12.2. The van der Waals surface area contributed by atoms with Crippen LogP contribution in [0.15, 0.2) is 22.5 Å². The van der Waals surface area contributed by atoms with Crippen LogP contribution in [0.4, 0.5) is 13.2 Å². The van der Waals surface area contributed by atoms with Crippen molar-refractivity contribution in [1.29, 1.82) is 0 Å². The van der Waals surface area contributed by atoms with Crippen molar-refractivity contribution in [2.45, 2.75) is 25.1 Å². The largest absolute Gasteiger partial charge is 0.401 e. The fraction of sp³-hybridized carbons (Fsp3) is 0.722. The highest BCUT2D eigenvalue weighted by Gasteiger charge is 2.31. The summed E-state index contributed by atoms with van der Waals surface area (Å²) in [5.74, 6) is 1.10. The van der Waals surface area contributed by atoms with Crippen molar-refractivity contribution in [2.24, 2.45) is 10.9 Å². The summed E-state index contributed by atoms with van der Waals surface area (Å²) in [6, 6.07) is 4.67. The number of hydrogen-bond donors (Lipinski definition) is 2. The number of halogens is 4. The first kappa shape index (κ1) is 25.4. The molecular weight excluding hydrogens is 502 g/mol. The van der Waals surface area contributed by atoms with Gasteiger partial charge in [0.05, 0.1) is 6.54 Å². The number of aliphatic imine (C=N–C) groups is 1. The van der Waals surface area contributed by atoms with E-state index >= 15 is 0 Å². The van der Waals surface area contributed by atoms with E-state index in [-0.39, 0.29) is 24.0 Å². The molecule has 1 saturated heterocycles. The molecule has 162 valence electrons. The predicted octanol–water partition coefficient (Wildman–Crippen LogP) is 3.41. The van der Waals surface area contributed by atoms with Gasteiger partial charge in [0.1, 0.15) is 0 Å². The average Bonchev–Trinajstić information content (AvgIpc) is 3.10. The van der Waals surface area contributed by atoms with Gasteiger partial charge in [-0.25, -0.2) is 0 Å². The van der Waals surface area contributed by atoms with Crippen LogP contribution in [-0.4, -0.2) is 75.8 Å². The van der Waals surface area contributed by atoms with Gasteiger partial charge in [-0.05, 0) is 50.8 Å². The molecule has 28 heavy (non-hydrogen) atoms. The van der Waals surface area contributed by atoms with Crippen LogP contribution in [0.2, 0.25) is 0 Å². The lowest BCUT2D eigenvalue weighted by atomic mass is 9.88. The maximum atomic E-state index is 12.4. The minimum absolute atomic E-state index is 0.